The lowest BCUT2D eigenvalue weighted by Crippen LogP contribution is -2.31. The highest BCUT2D eigenvalue weighted by molar-refractivity contribution is 5.66. The molecule has 1 heterocycles. The van der Waals surface area contributed by atoms with Crippen molar-refractivity contribution in [3.63, 3.8) is 0 Å². The zero-order valence-corrected chi connectivity index (χ0v) is 6.80. The molecule has 0 aliphatic carbocycles. The lowest BCUT2D eigenvalue weighted by Gasteiger charge is -2.15. The fourth-order valence-corrected chi connectivity index (χ4v) is 1.28. The van der Waals surface area contributed by atoms with Crippen molar-refractivity contribution in [1.29, 1.82) is 0 Å². The molecule has 0 aromatic heterocycles. The van der Waals surface area contributed by atoms with E-state index < -0.39 is 0 Å². The summed E-state index contributed by atoms with van der Waals surface area (Å²) in [5, 5.41) is 6.39. The van der Waals surface area contributed by atoms with E-state index in [-0.39, 0.29) is 0 Å². The van der Waals surface area contributed by atoms with Crippen LogP contribution in [0.2, 0.25) is 0 Å². The van der Waals surface area contributed by atoms with E-state index in [0.717, 1.165) is 13.2 Å². The van der Waals surface area contributed by atoms with Crippen molar-refractivity contribution in [3.8, 4) is 0 Å². The van der Waals surface area contributed by atoms with Gasteiger partial charge in [-0.05, 0) is 17.2 Å². The standard InChI is InChI=1S/C10H11N2/c1-2-4-9(5-3-1)10-6-11-8-12-7-10/h2-6,11-12H,7-8H2. The molecule has 1 aliphatic heterocycles. The molecule has 1 aliphatic rings. The molecule has 0 fully saturated rings. The number of benzene rings is 1. The highest BCUT2D eigenvalue weighted by Gasteiger charge is 2.02. The molecule has 1 aromatic rings. The van der Waals surface area contributed by atoms with Crippen molar-refractivity contribution in [2.75, 3.05) is 13.2 Å². The third-order valence-electron chi connectivity index (χ3n) is 1.91. The highest BCUT2D eigenvalue weighted by Crippen LogP contribution is 2.12. The number of hydrogen-bond donors (Lipinski definition) is 2. The van der Waals surface area contributed by atoms with Crippen LogP contribution in [0.25, 0.3) is 5.57 Å². The third kappa shape index (κ3) is 1.48. The molecule has 1 aromatic carbocycles. The van der Waals surface area contributed by atoms with Crippen LogP contribution in [0.15, 0.2) is 30.5 Å². The minimum atomic E-state index is 0.864. The first kappa shape index (κ1) is 7.37. The number of hydrogen-bond acceptors (Lipinski definition) is 2. The first-order chi connectivity index (χ1) is 5.97. The lowest BCUT2D eigenvalue weighted by molar-refractivity contribution is 0.678. The minimum Gasteiger partial charge on any atom is -0.378 e. The van der Waals surface area contributed by atoms with E-state index in [1.54, 1.807) is 0 Å². The third-order valence-corrected chi connectivity index (χ3v) is 1.91. The Kier molecular flexibility index (Phi) is 2.10. The van der Waals surface area contributed by atoms with Gasteiger partial charge in [0, 0.05) is 12.7 Å². The Hall–Kier alpha value is -1.28. The summed E-state index contributed by atoms with van der Waals surface area (Å²) in [7, 11) is 0. The zero-order valence-electron chi connectivity index (χ0n) is 6.80. The van der Waals surface area contributed by atoms with Gasteiger partial charge in [-0.15, -0.1) is 0 Å². The molecule has 2 heteroatoms. The van der Waals surface area contributed by atoms with Crippen LogP contribution in [-0.2, 0) is 0 Å². The molecule has 0 unspecified atom stereocenters. The first-order valence-corrected chi connectivity index (χ1v) is 4.06. The molecule has 2 nitrogen and oxygen atoms in total. The van der Waals surface area contributed by atoms with Gasteiger partial charge in [-0.3, -0.25) is 5.32 Å². The van der Waals surface area contributed by atoms with Gasteiger partial charge >= 0.3 is 0 Å². The molecule has 61 valence electrons. The second-order valence-corrected chi connectivity index (χ2v) is 2.77. The summed E-state index contributed by atoms with van der Waals surface area (Å²) in [6, 6.07) is 11.0. The van der Waals surface area contributed by atoms with Gasteiger partial charge in [-0.25, -0.2) is 0 Å². The zero-order chi connectivity index (χ0) is 8.23. The Morgan fingerprint density at radius 3 is 2.75 bits per heavy atom. The van der Waals surface area contributed by atoms with Gasteiger partial charge in [0.15, 0.2) is 0 Å². The Morgan fingerprint density at radius 2 is 2.08 bits per heavy atom. The van der Waals surface area contributed by atoms with Crippen molar-refractivity contribution >= 4 is 5.57 Å². The van der Waals surface area contributed by atoms with E-state index in [4.69, 9.17) is 0 Å². The summed E-state index contributed by atoms with van der Waals surface area (Å²) in [5.74, 6) is 0. The highest BCUT2D eigenvalue weighted by atomic mass is 15.1. The van der Waals surface area contributed by atoms with E-state index >= 15 is 0 Å². The predicted molar refractivity (Wildman–Crippen MR) is 49.3 cm³/mol. The van der Waals surface area contributed by atoms with E-state index in [1.807, 2.05) is 12.1 Å². The fraction of sp³-hybridized carbons (Fsp3) is 0.200. The topological polar surface area (TPSA) is 24.1 Å². The van der Waals surface area contributed by atoms with Gasteiger partial charge < -0.3 is 5.32 Å². The molecule has 12 heavy (non-hydrogen) atoms. The summed E-state index contributed by atoms with van der Waals surface area (Å²) < 4.78 is 0. The Bertz CT molecular complexity index is 277. The van der Waals surface area contributed by atoms with Crippen LogP contribution in [0.3, 0.4) is 0 Å². The lowest BCUT2D eigenvalue weighted by atomic mass is 10.1. The van der Waals surface area contributed by atoms with Gasteiger partial charge in [0.25, 0.3) is 0 Å². The Balaban J connectivity index is 2.24. The smallest absolute Gasteiger partial charge is 0.0650 e. The van der Waals surface area contributed by atoms with Crippen molar-refractivity contribution in [1.82, 2.24) is 10.6 Å². The molecule has 0 saturated heterocycles. The molecule has 0 bridgehead atoms. The second kappa shape index (κ2) is 3.41. The van der Waals surface area contributed by atoms with E-state index in [9.17, 15) is 0 Å². The van der Waals surface area contributed by atoms with E-state index in [1.165, 1.54) is 11.1 Å². The molecule has 2 N–H and O–H groups in total. The van der Waals surface area contributed by atoms with Crippen LogP contribution < -0.4 is 10.6 Å². The maximum atomic E-state index is 3.24. The number of nitrogens with one attached hydrogen (secondary N) is 2. The molecule has 1 radical (unpaired) electrons. The molecule has 0 atom stereocenters. The van der Waals surface area contributed by atoms with Crippen LogP contribution in [-0.4, -0.2) is 13.2 Å². The SMILES string of the molecule is [c]1ccc(C2=CNCNC2)cc1. The van der Waals surface area contributed by atoms with Crippen LogP contribution in [0.5, 0.6) is 0 Å². The fourth-order valence-electron chi connectivity index (χ4n) is 1.28. The summed E-state index contributed by atoms with van der Waals surface area (Å²) in [5.41, 5.74) is 2.56. The van der Waals surface area contributed by atoms with Gasteiger partial charge in [0.2, 0.25) is 0 Å². The van der Waals surface area contributed by atoms with Crippen molar-refractivity contribution in [2.24, 2.45) is 0 Å². The Labute approximate surface area is 72.3 Å². The quantitative estimate of drug-likeness (QED) is 0.638. The average Bonchev–Trinajstić information content (AvgIpc) is 2.21. The van der Waals surface area contributed by atoms with Crippen molar-refractivity contribution in [3.05, 3.63) is 42.1 Å². The summed E-state index contributed by atoms with van der Waals surface area (Å²) in [6.07, 6.45) is 2.06. The van der Waals surface area contributed by atoms with Crippen molar-refractivity contribution in [2.45, 2.75) is 0 Å². The minimum absolute atomic E-state index is 0.864. The van der Waals surface area contributed by atoms with Crippen LogP contribution in [0.1, 0.15) is 5.56 Å². The van der Waals surface area contributed by atoms with E-state index in [2.05, 4.69) is 35.0 Å². The first-order valence-electron chi connectivity index (χ1n) is 4.06. The molecule has 0 amide bonds. The van der Waals surface area contributed by atoms with Gasteiger partial charge in [-0.2, -0.15) is 0 Å². The molecule has 0 saturated carbocycles. The average molecular weight is 159 g/mol. The molecular weight excluding hydrogens is 148 g/mol. The second-order valence-electron chi connectivity index (χ2n) is 2.77. The van der Waals surface area contributed by atoms with Gasteiger partial charge in [0.1, 0.15) is 0 Å². The summed E-state index contributed by atoms with van der Waals surface area (Å²) in [6.45, 7) is 1.81. The largest absolute Gasteiger partial charge is 0.378 e. The van der Waals surface area contributed by atoms with Crippen LogP contribution in [0.4, 0.5) is 0 Å². The van der Waals surface area contributed by atoms with E-state index in [0.29, 0.717) is 0 Å². The molecular formula is C10H11N2. The molecule has 2 rings (SSSR count). The maximum absolute atomic E-state index is 3.24. The normalized spacial score (nSPS) is 16.5. The maximum Gasteiger partial charge on any atom is 0.0650 e. The van der Waals surface area contributed by atoms with Crippen molar-refractivity contribution < 1.29 is 0 Å². The monoisotopic (exact) mass is 159 g/mol. The van der Waals surface area contributed by atoms with Gasteiger partial charge in [0.05, 0.1) is 6.67 Å². The van der Waals surface area contributed by atoms with Gasteiger partial charge in [-0.1, -0.05) is 24.3 Å². The predicted octanol–water partition coefficient (Wildman–Crippen LogP) is 0.978. The summed E-state index contributed by atoms with van der Waals surface area (Å²) >= 11 is 0. The summed E-state index contributed by atoms with van der Waals surface area (Å²) in [4.78, 5) is 0. The van der Waals surface area contributed by atoms with Crippen LogP contribution in [0, 0.1) is 6.07 Å². The van der Waals surface area contributed by atoms with Crippen LogP contribution >= 0.6 is 0 Å². The number of rotatable bonds is 1. The molecule has 0 spiro atoms. The Morgan fingerprint density at radius 1 is 1.25 bits per heavy atom.